The van der Waals surface area contributed by atoms with Crippen LogP contribution in [0.1, 0.15) is 40.4 Å². The van der Waals surface area contributed by atoms with Crippen LogP contribution in [0.2, 0.25) is 0 Å². The first-order chi connectivity index (χ1) is 13.2. The van der Waals surface area contributed by atoms with Gasteiger partial charge in [-0.1, -0.05) is 65.6 Å². The molecule has 1 atom stereocenters. The summed E-state index contributed by atoms with van der Waals surface area (Å²) in [4.78, 5) is 12.8. The van der Waals surface area contributed by atoms with Crippen LogP contribution in [0.5, 0.6) is 0 Å². The molecular formula is C21H21N3OS2. The Morgan fingerprint density at radius 1 is 1.15 bits per heavy atom. The number of hydrogen-bond donors (Lipinski definition) is 1. The van der Waals surface area contributed by atoms with Crippen LogP contribution >= 0.6 is 23.1 Å². The van der Waals surface area contributed by atoms with Gasteiger partial charge in [0.15, 0.2) is 10.1 Å². The molecule has 1 aliphatic carbocycles. The topological polar surface area (TPSA) is 54.9 Å². The van der Waals surface area contributed by atoms with Gasteiger partial charge in [0.05, 0.1) is 5.25 Å². The van der Waals surface area contributed by atoms with Gasteiger partial charge in [0.25, 0.3) is 0 Å². The molecule has 1 aromatic heterocycles. The van der Waals surface area contributed by atoms with Crippen LogP contribution in [0.4, 0.5) is 5.13 Å². The van der Waals surface area contributed by atoms with Crippen LogP contribution in [0.3, 0.4) is 0 Å². The molecule has 27 heavy (non-hydrogen) atoms. The number of carbonyl (C=O) groups is 1. The normalized spacial score (nSPS) is 14.0. The van der Waals surface area contributed by atoms with Crippen molar-refractivity contribution in [1.82, 2.24) is 10.2 Å². The highest BCUT2D eigenvalue weighted by Crippen LogP contribution is 2.31. The molecule has 0 fully saturated rings. The largest absolute Gasteiger partial charge is 0.356 e. The van der Waals surface area contributed by atoms with Crippen molar-refractivity contribution in [2.75, 3.05) is 5.32 Å². The zero-order valence-corrected chi connectivity index (χ0v) is 16.8. The predicted octanol–water partition coefficient (Wildman–Crippen LogP) is 5.00. The molecule has 1 N–H and O–H groups in total. The minimum atomic E-state index is -0.181. The second kappa shape index (κ2) is 8.23. The number of nitrogens with one attached hydrogen (secondary N) is 1. The lowest BCUT2D eigenvalue weighted by Gasteiger charge is -2.09. The molecule has 0 bridgehead atoms. The van der Waals surface area contributed by atoms with E-state index < -0.39 is 0 Å². The van der Waals surface area contributed by atoms with Gasteiger partial charge in [-0.2, -0.15) is 0 Å². The van der Waals surface area contributed by atoms with Gasteiger partial charge < -0.3 is 5.32 Å². The molecule has 4 rings (SSSR count). The SMILES string of the molecule is C[C@@H](Sc1nnc(NCc2ccccc2)s1)C(=O)c1ccc2c(c1)CCC2. The molecule has 1 aliphatic rings. The Kier molecular flexibility index (Phi) is 5.55. The van der Waals surface area contributed by atoms with E-state index in [9.17, 15) is 4.79 Å². The Bertz CT molecular complexity index is 940. The molecule has 0 saturated heterocycles. The molecular weight excluding hydrogens is 374 g/mol. The number of anilines is 1. The number of nitrogens with zero attached hydrogens (tertiary/aromatic N) is 2. The first-order valence-electron chi connectivity index (χ1n) is 9.13. The van der Waals surface area contributed by atoms with Crippen molar-refractivity contribution in [1.29, 1.82) is 0 Å². The van der Waals surface area contributed by atoms with E-state index in [-0.39, 0.29) is 11.0 Å². The molecule has 0 saturated carbocycles. The number of aromatic nitrogens is 2. The standard InChI is InChI=1S/C21H21N3OS2/c1-14(19(25)18-11-10-16-8-5-9-17(16)12-18)26-21-24-23-20(27-21)22-13-15-6-3-2-4-7-15/h2-4,6-7,10-12,14H,5,8-9,13H2,1H3,(H,22,23)/t14-/m1/s1. The third-order valence-electron chi connectivity index (χ3n) is 4.72. The second-order valence-electron chi connectivity index (χ2n) is 6.67. The number of aryl methyl sites for hydroxylation is 2. The number of rotatable bonds is 7. The average Bonchev–Trinajstić information content (AvgIpc) is 3.35. The van der Waals surface area contributed by atoms with Crippen molar-refractivity contribution in [3.8, 4) is 0 Å². The van der Waals surface area contributed by atoms with E-state index in [0.717, 1.165) is 27.9 Å². The lowest BCUT2D eigenvalue weighted by Crippen LogP contribution is -2.13. The fraction of sp³-hybridized carbons (Fsp3) is 0.286. The van der Waals surface area contributed by atoms with Crippen LogP contribution in [0, 0.1) is 0 Å². The van der Waals surface area contributed by atoms with Crippen molar-refractivity contribution in [3.63, 3.8) is 0 Å². The third-order valence-corrected chi connectivity index (χ3v) is 6.79. The molecule has 0 spiro atoms. The number of carbonyl (C=O) groups excluding carboxylic acids is 1. The van der Waals surface area contributed by atoms with Gasteiger partial charge in [0.2, 0.25) is 5.13 Å². The lowest BCUT2D eigenvalue weighted by molar-refractivity contribution is 0.0994. The third kappa shape index (κ3) is 4.39. The summed E-state index contributed by atoms with van der Waals surface area (Å²) < 4.78 is 0.813. The summed E-state index contributed by atoms with van der Waals surface area (Å²) in [5, 5.41) is 12.3. The second-order valence-corrected chi connectivity index (χ2v) is 9.24. The number of fused-ring (bicyclic) bond motifs is 1. The summed E-state index contributed by atoms with van der Waals surface area (Å²) in [5.74, 6) is 0.156. The minimum absolute atomic E-state index is 0.156. The summed E-state index contributed by atoms with van der Waals surface area (Å²) in [6.45, 7) is 2.66. The highest BCUT2D eigenvalue weighted by Gasteiger charge is 2.21. The molecule has 0 aliphatic heterocycles. The maximum absolute atomic E-state index is 12.8. The smallest absolute Gasteiger partial charge is 0.206 e. The van der Waals surface area contributed by atoms with Crippen molar-refractivity contribution in [2.24, 2.45) is 0 Å². The molecule has 138 valence electrons. The average molecular weight is 396 g/mol. The molecule has 0 amide bonds. The number of ketones is 1. The van der Waals surface area contributed by atoms with Gasteiger partial charge in [0.1, 0.15) is 0 Å². The molecule has 1 heterocycles. The predicted molar refractivity (Wildman–Crippen MR) is 112 cm³/mol. The van der Waals surface area contributed by atoms with E-state index in [1.54, 1.807) is 0 Å². The Morgan fingerprint density at radius 3 is 2.81 bits per heavy atom. The van der Waals surface area contributed by atoms with Crippen LogP contribution in [-0.4, -0.2) is 21.2 Å². The fourth-order valence-corrected chi connectivity index (χ4v) is 5.24. The molecule has 4 nitrogen and oxygen atoms in total. The summed E-state index contributed by atoms with van der Waals surface area (Å²) in [5.41, 5.74) is 4.73. The van der Waals surface area contributed by atoms with Crippen LogP contribution in [-0.2, 0) is 19.4 Å². The van der Waals surface area contributed by atoms with E-state index in [1.807, 2.05) is 31.2 Å². The first-order valence-corrected chi connectivity index (χ1v) is 10.8. The Morgan fingerprint density at radius 2 is 1.96 bits per heavy atom. The lowest BCUT2D eigenvalue weighted by atomic mass is 10.0. The summed E-state index contributed by atoms with van der Waals surface area (Å²) in [7, 11) is 0. The van der Waals surface area contributed by atoms with E-state index in [2.05, 4.69) is 39.8 Å². The minimum Gasteiger partial charge on any atom is -0.356 e. The van der Waals surface area contributed by atoms with E-state index in [4.69, 9.17) is 0 Å². The zero-order chi connectivity index (χ0) is 18.6. The first kappa shape index (κ1) is 18.2. The van der Waals surface area contributed by atoms with E-state index in [0.29, 0.717) is 6.54 Å². The van der Waals surface area contributed by atoms with Crippen LogP contribution in [0.15, 0.2) is 52.9 Å². The Balaban J connectivity index is 1.36. The molecule has 2 aromatic carbocycles. The molecule has 0 radical (unpaired) electrons. The van der Waals surface area contributed by atoms with Gasteiger partial charge in [-0.05, 0) is 48.9 Å². The molecule has 0 unspecified atom stereocenters. The van der Waals surface area contributed by atoms with Crippen molar-refractivity contribution >= 4 is 34.0 Å². The van der Waals surface area contributed by atoms with Crippen molar-refractivity contribution < 1.29 is 4.79 Å². The highest BCUT2D eigenvalue weighted by molar-refractivity contribution is 8.02. The maximum Gasteiger partial charge on any atom is 0.206 e. The van der Waals surface area contributed by atoms with Crippen molar-refractivity contribution in [3.05, 3.63) is 70.8 Å². The van der Waals surface area contributed by atoms with Gasteiger partial charge in [-0.15, -0.1) is 10.2 Å². The quantitative estimate of drug-likeness (QED) is 0.450. The van der Waals surface area contributed by atoms with E-state index >= 15 is 0 Å². The van der Waals surface area contributed by atoms with Gasteiger partial charge in [-0.25, -0.2) is 0 Å². The van der Waals surface area contributed by atoms with Gasteiger partial charge in [-0.3, -0.25) is 4.79 Å². The summed E-state index contributed by atoms with van der Waals surface area (Å²) in [6.07, 6.45) is 3.42. The maximum atomic E-state index is 12.8. The Labute approximate surface area is 167 Å². The molecule has 6 heteroatoms. The van der Waals surface area contributed by atoms with Crippen LogP contribution in [0.25, 0.3) is 0 Å². The Hall–Kier alpha value is -2.18. The van der Waals surface area contributed by atoms with Gasteiger partial charge in [0, 0.05) is 12.1 Å². The van der Waals surface area contributed by atoms with Crippen molar-refractivity contribution in [2.45, 2.75) is 42.3 Å². The van der Waals surface area contributed by atoms with E-state index in [1.165, 1.54) is 46.2 Å². The number of Topliss-reactive ketones (excluding diaryl/α,β-unsaturated/α-hetero) is 1. The monoisotopic (exact) mass is 395 g/mol. The summed E-state index contributed by atoms with van der Waals surface area (Å²) in [6, 6.07) is 16.3. The highest BCUT2D eigenvalue weighted by atomic mass is 32.2. The fourth-order valence-electron chi connectivity index (χ4n) is 3.27. The number of thioether (sulfide) groups is 1. The van der Waals surface area contributed by atoms with Gasteiger partial charge >= 0.3 is 0 Å². The zero-order valence-electron chi connectivity index (χ0n) is 15.1. The summed E-state index contributed by atoms with van der Waals surface area (Å²) >= 11 is 2.97. The van der Waals surface area contributed by atoms with Crippen LogP contribution < -0.4 is 5.32 Å². The molecule has 3 aromatic rings. The number of hydrogen-bond acceptors (Lipinski definition) is 6. The number of benzene rings is 2.